The van der Waals surface area contributed by atoms with E-state index < -0.39 is 5.54 Å². The summed E-state index contributed by atoms with van der Waals surface area (Å²) in [4.78, 5) is 1.05. The van der Waals surface area contributed by atoms with Gasteiger partial charge in [-0.05, 0) is 41.8 Å². The first-order chi connectivity index (χ1) is 11.6. The molecule has 0 amide bonds. The highest BCUT2D eigenvalue weighted by molar-refractivity contribution is 7.99. The van der Waals surface area contributed by atoms with Gasteiger partial charge in [-0.15, -0.1) is 0 Å². The molecule has 0 spiro atoms. The maximum atomic E-state index is 12.5. The van der Waals surface area contributed by atoms with E-state index >= 15 is 0 Å². The van der Waals surface area contributed by atoms with Crippen LogP contribution in [-0.4, -0.2) is 23.6 Å². The van der Waals surface area contributed by atoms with Gasteiger partial charge in [0.2, 0.25) is 6.21 Å². The minimum absolute atomic E-state index is 0.0819. The summed E-state index contributed by atoms with van der Waals surface area (Å²) >= 11 is 1.51. The second-order valence-electron chi connectivity index (χ2n) is 7.94. The fourth-order valence-corrected chi connectivity index (χ4v) is 3.66. The van der Waals surface area contributed by atoms with E-state index in [2.05, 4.69) is 20.8 Å². The van der Waals surface area contributed by atoms with E-state index in [1.807, 2.05) is 50.2 Å². The normalized spacial score (nSPS) is 13.1. The predicted octanol–water partition coefficient (Wildman–Crippen LogP) is 5.58. The second-order valence-corrected chi connectivity index (χ2v) is 9.02. The molecule has 1 aromatic carbocycles. The first-order valence-corrected chi connectivity index (χ1v) is 9.14. The summed E-state index contributed by atoms with van der Waals surface area (Å²) in [6, 6.07) is 11.5. The second kappa shape index (κ2) is 7.56. The smallest absolute Gasteiger partial charge is 0.218 e. The monoisotopic (exact) mass is 361 g/mol. The molecule has 136 valence electrons. The Bertz CT molecular complexity index is 724. The van der Waals surface area contributed by atoms with E-state index in [9.17, 15) is 5.21 Å². The summed E-state index contributed by atoms with van der Waals surface area (Å²) in [6.45, 7) is 10.3. The van der Waals surface area contributed by atoms with Crippen LogP contribution in [0.3, 0.4) is 0 Å². The van der Waals surface area contributed by atoms with E-state index in [1.165, 1.54) is 18.0 Å². The zero-order valence-corrected chi connectivity index (χ0v) is 16.6. The van der Waals surface area contributed by atoms with Crippen LogP contribution in [0.15, 0.2) is 50.8 Å². The first-order valence-electron chi connectivity index (χ1n) is 8.32. The fraction of sp³-hybridized carbons (Fsp3) is 0.450. The lowest BCUT2D eigenvalue weighted by molar-refractivity contribution is -0.540. The molecule has 25 heavy (non-hydrogen) atoms. The predicted molar refractivity (Wildman–Crippen MR) is 103 cm³/mol. The largest absolute Gasteiger partial charge is 0.623 e. The number of hydrogen-bond acceptors (Lipinski definition) is 4. The molecule has 0 radical (unpaired) electrons. The molecule has 0 aliphatic carbocycles. The van der Waals surface area contributed by atoms with Crippen molar-refractivity contribution in [2.45, 2.75) is 56.6 Å². The van der Waals surface area contributed by atoms with E-state index in [1.54, 1.807) is 7.11 Å². The Morgan fingerprint density at radius 2 is 1.72 bits per heavy atom. The van der Waals surface area contributed by atoms with Gasteiger partial charge in [-0.25, -0.2) is 4.74 Å². The van der Waals surface area contributed by atoms with Crippen LogP contribution in [0.4, 0.5) is 0 Å². The van der Waals surface area contributed by atoms with Crippen molar-refractivity contribution in [2.75, 3.05) is 7.11 Å². The number of furan rings is 1. The van der Waals surface area contributed by atoms with Gasteiger partial charge in [0, 0.05) is 25.2 Å². The van der Waals surface area contributed by atoms with Crippen molar-refractivity contribution in [3.63, 3.8) is 0 Å². The lowest BCUT2D eigenvalue weighted by Gasteiger charge is -2.30. The molecule has 0 saturated carbocycles. The average molecular weight is 362 g/mol. The van der Waals surface area contributed by atoms with Gasteiger partial charge in [0.05, 0.1) is 7.11 Å². The number of benzene rings is 1. The summed E-state index contributed by atoms with van der Waals surface area (Å²) in [5.74, 6) is 1.38. The third-order valence-electron chi connectivity index (χ3n) is 3.68. The Hall–Kier alpha value is -1.88. The molecular formula is C20H27NO3S. The summed E-state index contributed by atoms with van der Waals surface area (Å²) in [5.41, 5.74) is -0.410. The number of rotatable bonds is 6. The molecular weight excluding hydrogens is 334 g/mol. The molecule has 1 heterocycles. The highest BCUT2D eigenvalue weighted by atomic mass is 32.2. The third-order valence-corrected chi connectivity index (χ3v) is 4.61. The maximum Gasteiger partial charge on any atom is 0.218 e. The van der Waals surface area contributed by atoms with Crippen LogP contribution in [0.1, 0.15) is 46.8 Å². The standard InChI is InChI=1S/C20H27NO3S/c1-19(2,3)14-20(4,5)21(22)13-16-9-12-18(24-16)25-17-10-7-15(23-6)8-11-17/h7-13H,14H2,1-6H3. The van der Waals surface area contributed by atoms with E-state index in [-0.39, 0.29) is 5.41 Å². The number of ether oxygens (including phenoxy) is 1. The highest BCUT2D eigenvalue weighted by Gasteiger charge is 2.32. The minimum Gasteiger partial charge on any atom is -0.623 e. The molecule has 0 fully saturated rings. The molecule has 0 N–H and O–H groups in total. The zero-order chi connectivity index (χ0) is 18.7. The molecule has 0 aliphatic heterocycles. The van der Waals surface area contributed by atoms with Crippen molar-refractivity contribution in [3.8, 4) is 5.75 Å². The van der Waals surface area contributed by atoms with Gasteiger partial charge >= 0.3 is 0 Å². The van der Waals surface area contributed by atoms with Crippen LogP contribution in [0.2, 0.25) is 0 Å². The van der Waals surface area contributed by atoms with Gasteiger partial charge < -0.3 is 14.4 Å². The Morgan fingerprint density at radius 1 is 1.08 bits per heavy atom. The number of nitrogens with zero attached hydrogens (tertiary/aromatic N) is 1. The lowest BCUT2D eigenvalue weighted by atomic mass is 9.82. The maximum absolute atomic E-state index is 12.5. The lowest BCUT2D eigenvalue weighted by Crippen LogP contribution is -2.37. The van der Waals surface area contributed by atoms with Gasteiger partial charge in [-0.1, -0.05) is 32.5 Å². The van der Waals surface area contributed by atoms with Crippen molar-refractivity contribution >= 4 is 18.0 Å². The summed E-state index contributed by atoms with van der Waals surface area (Å²) in [5, 5.41) is 13.3. The summed E-state index contributed by atoms with van der Waals surface area (Å²) in [6.07, 6.45) is 2.32. The van der Waals surface area contributed by atoms with Gasteiger partial charge in [0.15, 0.2) is 16.4 Å². The zero-order valence-electron chi connectivity index (χ0n) is 15.8. The van der Waals surface area contributed by atoms with Crippen molar-refractivity contribution in [3.05, 3.63) is 47.4 Å². The number of methoxy groups -OCH3 is 1. The summed E-state index contributed by atoms with van der Waals surface area (Å²) in [7, 11) is 1.65. The van der Waals surface area contributed by atoms with E-state index in [4.69, 9.17) is 9.15 Å². The van der Waals surface area contributed by atoms with Gasteiger partial charge in [-0.2, -0.15) is 0 Å². The first kappa shape index (κ1) is 19.4. The topological polar surface area (TPSA) is 48.4 Å². The van der Waals surface area contributed by atoms with E-state index in [0.717, 1.165) is 26.9 Å². The van der Waals surface area contributed by atoms with Crippen molar-refractivity contribution in [1.82, 2.24) is 0 Å². The van der Waals surface area contributed by atoms with Gasteiger partial charge in [0.1, 0.15) is 5.75 Å². The fourth-order valence-electron chi connectivity index (χ4n) is 2.88. The number of hydrogen-bond donors (Lipinski definition) is 0. The molecule has 0 saturated heterocycles. The molecule has 1 aromatic heterocycles. The third kappa shape index (κ3) is 5.85. The van der Waals surface area contributed by atoms with Gasteiger partial charge in [-0.3, -0.25) is 0 Å². The molecule has 5 heteroatoms. The van der Waals surface area contributed by atoms with Gasteiger partial charge in [0.25, 0.3) is 0 Å². The van der Waals surface area contributed by atoms with Crippen LogP contribution < -0.4 is 4.74 Å². The quantitative estimate of drug-likeness (QED) is 0.291. The Labute approximate surface area is 154 Å². The highest BCUT2D eigenvalue weighted by Crippen LogP contribution is 2.31. The van der Waals surface area contributed by atoms with Crippen molar-refractivity contribution in [1.29, 1.82) is 0 Å². The van der Waals surface area contributed by atoms with Crippen molar-refractivity contribution < 1.29 is 13.9 Å². The van der Waals surface area contributed by atoms with Crippen LogP contribution in [-0.2, 0) is 0 Å². The Kier molecular flexibility index (Phi) is 5.88. The molecule has 2 aromatic rings. The number of hydroxylamine groups is 1. The van der Waals surface area contributed by atoms with E-state index in [0.29, 0.717) is 5.76 Å². The van der Waals surface area contributed by atoms with Crippen LogP contribution >= 0.6 is 11.8 Å². The summed E-state index contributed by atoms with van der Waals surface area (Å²) < 4.78 is 11.9. The molecule has 4 nitrogen and oxygen atoms in total. The Balaban J connectivity index is 2.09. The molecule has 0 aliphatic rings. The molecule has 0 atom stereocenters. The van der Waals surface area contributed by atoms with Crippen molar-refractivity contribution in [2.24, 2.45) is 5.41 Å². The van der Waals surface area contributed by atoms with Crippen LogP contribution in [0.25, 0.3) is 0 Å². The van der Waals surface area contributed by atoms with Crippen LogP contribution in [0, 0.1) is 10.6 Å². The minimum atomic E-state index is -0.492. The average Bonchev–Trinajstić information content (AvgIpc) is 2.92. The Morgan fingerprint density at radius 3 is 2.28 bits per heavy atom. The SMILES string of the molecule is COc1ccc(Sc2ccc(C=[N+]([O-])C(C)(C)CC(C)(C)C)o2)cc1. The molecule has 0 unspecified atom stereocenters. The molecule has 0 bridgehead atoms. The molecule has 2 rings (SSSR count). The van der Waals surface area contributed by atoms with Crippen LogP contribution in [0.5, 0.6) is 5.75 Å².